The van der Waals surface area contributed by atoms with Gasteiger partial charge in [0.2, 0.25) is 5.95 Å². The molecule has 0 saturated carbocycles. The quantitative estimate of drug-likeness (QED) is 0.664. The first kappa shape index (κ1) is 13.0. The molecule has 0 atom stereocenters. The molecule has 2 aromatic rings. The summed E-state index contributed by atoms with van der Waals surface area (Å²) >= 11 is 1.70. The molecule has 4 nitrogen and oxygen atoms in total. The summed E-state index contributed by atoms with van der Waals surface area (Å²) in [6.07, 6.45) is 2.23. The van der Waals surface area contributed by atoms with Crippen LogP contribution in [-0.4, -0.2) is 20.5 Å². The Kier molecular flexibility index (Phi) is 4.25. The Hall–Kier alpha value is -1.49. The Labute approximate surface area is 112 Å². The molecule has 2 N–H and O–H groups in total. The SMILES string of the molecule is Cc1ccccc1CCCSc1nnc(N)n1C. The van der Waals surface area contributed by atoms with Crippen molar-refractivity contribution < 1.29 is 0 Å². The summed E-state index contributed by atoms with van der Waals surface area (Å²) in [6, 6.07) is 8.53. The molecule has 0 spiro atoms. The van der Waals surface area contributed by atoms with E-state index < -0.39 is 0 Å². The number of anilines is 1. The first-order valence-corrected chi connectivity index (χ1v) is 6.99. The number of hydrogen-bond acceptors (Lipinski definition) is 4. The number of aromatic nitrogens is 3. The van der Waals surface area contributed by atoms with Crippen LogP contribution in [-0.2, 0) is 13.5 Å². The zero-order valence-corrected chi connectivity index (χ0v) is 11.6. The summed E-state index contributed by atoms with van der Waals surface area (Å²) in [5, 5.41) is 8.75. The van der Waals surface area contributed by atoms with Crippen molar-refractivity contribution >= 4 is 17.7 Å². The van der Waals surface area contributed by atoms with Gasteiger partial charge in [0.25, 0.3) is 0 Å². The van der Waals surface area contributed by atoms with Crippen LogP contribution in [0.25, 0.3) is 0 Å². The average Bonchev–Trinajstić information content (AvgIpc) is 2.68. The van der Waals surface area contributed by atoms with Crippen LogP contribution in [0, 0.1) is 6.92 Å². The van der Waals surface area contributed by atoms with E-state index in [4.69, 9.17) is 5.73 Å². The van der Waals surface area contributed by atoms with Crippen LogP contribution in [0.3, 0.4) is 0 Å². The molecule has 0 unspecified atom stereocenters. The van der Waals surface area contributed by atoms with E-state index in [1.54, 1.807) is 11.8 Å². The van der Waals surface area contributed by atoms with Crippen molar-refractivity contribution in [2.75, 3.05) is 11.5 Å². The van der Waals surface area contributed by atoms with Crippen LogP contribution in [0.5, 0.6) is 0 Å². The maximum atomic E-state index is 5.63. The lowest BCUT2D eigenvalue weighted by Crippen LogP contribution is -1.98. The zero-order valence-electron chi connectivity index (χ0n) is 10.8. The van der Waals surface area contributed by atoms with Crippen molar-refractivity contribution in [2.24, 2.45) is 7.05 Å². The maximum Gasteiger partial charge on any atom is 0.222 e. The van der Waals surface area contributed by atoms with Gasteiger partial charge in [-0.25, -0.2) is 0 Å². The first-order chi connectivity index (χ1) is 8.68. The summed E-state index contributed by atoms with van der Waals surface area (Å²) in [4.78, 5) is 0. The van der Waals surface area contributed by atoms with Crippen molar-refractivity contribution in [3.63, 3.8) is 0 Å². The van der Waals surface area contributed by atoms with Crippen molar-refractivity contribution in [1.82, 2.24) is 14.8 Å². The number of nitrogen functional groups attached to an aromatic ring is 1. The van der Waals surface area contributed by atoms with E-state index in [2.05, 4.69) is 41.4 Å². The molecule has 1 aromatic carbocycles. The van der Waals surface area contributed by atoms with Gasteiger partial charge >= 0.3 is 0 Å². The minimum atomic E-state index is 0.469. The van der Waals surface area contributed by atoms with Crippen molar-refractivity contribution in [3.05, 3.63) is 35.4 Å². The van der Waals surface area contributed by atoms with Gasteiger partial charge in [-0.05, 0) is 30.9 Å². The number of hydrogen-bond donors (Lipinski definition) is 1. The van der Waals surface area contributed by atoms with E-state index in [0.29, 0.717) is 5.95 Å². The largest absolute Gasteiger partial charge is 0.368 e. The molecule has 0 fully saturated rings. The zero-order chi connectivity index (χ0) is 13.0. The van der Waals surface area contributed by atoms with Crippen LogP contribution in [0.15, 0.2) is 29.4 Å². The standard InChI is InChI=1S/C13H18N4S/c1-10-6-3-4-7-11(10)8-5-9-18-13-16-15-12(14)17(13)2/h3-4,6-7H,5,8-9H2,1-2H3,(H2,14,15). The lowest BCUT2D eigenvalue weighted by molar-refractivity contribution is 0.793. The topological polar surface area (TPSA) is 56.7 Å². The van der Waals surface area contributed by atoms with Gasteiger partial charge in [0.15, 0.2) is 5.16 Å². The second-order valence-electron chi connectivity index (χ2n) is 4.28. The molecule has 0 amide bonds. The minimum absolute atomic E-state index is 0.469. The maximum absolute atomic E-state index is 5.63. The Balaban J connectivity index is 1.80. The number of benzene rings is 1. The highest BCUT2D eigenvalue weighted by atomic mass is 32.2. The first-order valence-electron chi connectivity index (χ1n) is 6.00. The summed E-state index contributed by atoms with van der Waals surface area (Å²) < 4.78 is 1.82. The highest BCUT2D eigenvalue weighted by Gasteiger charge is 2.05. The van der Waals surface area contributed by atoms with Crippen LogP contribution < -0.4 is 5.73 Å². The number of rotatable bonds is 5. The molecule has 0 aliphatic rings. The smallest absolute Gasteiger partial charge is 0.222 e. The average molecular weight is 262 g/mol. The van der Waals surface area contributed by atoms with Crippen molar-refractivity contribution in [2.45, 2.75) is 24.9 Å². The summed E-state index contributed by atoms with van der Waals surface area (Å²) in [6.45, 7) is 2.16. The Morgan fingerprint density at radius 3 is 2.72 bits per heavy atom. The van der Waals surface area contributed by atoms with Crippen LogP contribution in [0.4, 0.5) is 5.95 Å². The Bertz CT molecular complexity index is 521. The van der Waals surface area contributed by atoms with Gasteiger partial charge < -0.3 is 5.73 Å². The number of nitrogens with two attached hydrogens (primary N) is 1. The van der Waals surface area contributed by atoms with Crippen LogP contribution >= 0.6 is 11.8 Å². The third-order valence-electron chi connectivity index (χ3n) is 2.95. The molecule has 2 rings (SSSR count). The van der Waals surface area contributed by atoms with Gasteiger partial charge in [-0.15, -0.1) is 10.2 Å². The molecule has 0 aliphatic heterocycles. The number of aryl methyl sites for hydroxylation is 2. The summed E-state index contributed by atoms with van der Waals surface area (Å²) in [7, 11) is 1.89. The van der Waals surface area contributed by atoms with Gasteiger partial charge in [0, 0.05) is 12.8 Å². The summed E-state index contributed by atoms with van der Waals surface area (Å²) in [5.41, 5.74) is 8.42. The molecule has 0 aliphatic carbocycles. The molecule has 1 heterocycles. The fourth-order valence-electron chi connectivity index (χ4n) is 1.77. The highest BCUT2D eigenvalue weighted by Crippen LogP contribution is 2.18. The number of thioether (sulfide) groups is 1. The lowest BCUT2D eigenvalue weighted by atomic mass is 10.1. The third kappa shape index (κ3) is 3.04. The Morgan fingerprint density at radius 2 is 2.06 bits per heavy atom. The van der Waals surface area contributed by atoms with Crippen molar-refractivity contribution in [3.8, 4) is 0 Å². The lowest BCUT2D eigenvalue weighted by Gasteiger charge is -2.05. The molecule has 0 bridgehead atoms. The van der Waals surface area contributed by atoms with Crippen LogP contribution in [0.1, 0.15) is 17.5 Å². The van der Waals surface area contributed by atoms with Gasteiger partial charge in [0.05, 0.1) is 0 Å². The third-order valence-corrected chi connectivity index (χ3v) is 4.06. The molecular formula is C13H18N4S. The molecule has 18 heavy (non-hydrogen) atoms. The number of nitrogens with zero attached hydrogens (tertiary/aromatic N) is 3. The van der Waals surface area contributed by atoms with Crippen LogP contribution in [0.2, 0.25) is 0 Å². The molecular weight excluding hydrogens is 244 g/mol. The van der Waals surface area contributed by atoms with E-state index in [0.717, 1.165) is 23.8 Å². The molecule has 96 valence electrons. The minimum Gasteiger partial charge on any atom is -0.368 e. The summed E-state index contributed by atoms with van der Waals surface area (Å²) in [5.74, 6) is 1.50. The molecule has 1 aromatic heterocycles. The van der Waals surface area contributed by atoms with E-state index >= 15 is 0 Å². The van der Waals surface area contributed by atoms with Gasteiger partial charge in [-0.2, -0.15) is 0 Å². The fraction of sp³-hybridized carbons (Fsp3) is 0.385. The molecule has 0 radical (unpaired) electrons. The predicted molar refractivity (Wildman–Crippen MR) is 75.6 cm³/mol. The molecule has 5 heteroatoms. The fourth-order valence-corrected chi connectivity index (χ4v) is 2.63. The van der Waals surface area contributed by atoms with E-state index in [9.17, 15) is 0 Å². The highest BCUT2D eigenvalue weighted by molar-refractivity contribution is 7.99. The van der Waals surface area contributed by atoms with E-state index in [1.165, 1.54) is 11.1 Å². The predicted octanol–water partition coefficient (Wildman–Crippen LogP) is 2.43. The van der Waals surface area contributed by atoms with Gasteiger partial charge in [-0.1, -0.05) is 36.0 Å². The molecule has 0 saturated heterocycles. The van der Waals surface area contributed by atoms with Crippen molar-refractivity contribution in [1.29, 1.82) is 0 Å². The Morgan fingerprint density at radius 1 is 1.28 bits per heavy atom. The van der Waals surface area contributed by atoms with Gasteiger partial charge in [0.1, 0.15) is 0 Å². The second-order valence-corrected chi connectivity index (χ2v) is 5.34. The van der Waals surface area contributed by atoms with E-state index in [-0.39, 0.29) is 0 Å². The normalized spacial score (nSPS) is 10.8. The van der Waals surface area contributed by atoms with E-state index in [1.807, 2.05) is 11.6 Å². The second kappa shape index (κ2) is 5.91. The monoisotopic (exact) mass is 262 g/mol. The van der Waals surface area contributed by atoms with Gasteiger partial charge in [-0.3, -0.25) is 4.57 Å².